The molecule has 3 heterocycles. The van der Waals surface area contributed by atoms with Crippen molar-refractivity contribution in [1.82, 2.24) is 9.47 Å². The number of urea groups is 1. The van der Waals surface area contributed by atoms with Crippen molar-refractivity contribution < 1.29 is 14.3 Å². The Bertz CT molecular complexity index is 936. The van der Waals surface area contributed by atoms with E-state index >= 15 is 0 Å². The van der Waals surface area contributed by atoms with Crippen molar-refractivity contribution in [3.63, 3.8) is 0 Å². The van der Waals surface area contributed by atoms with E-state index in [1.54, 1.807) is 37.7 Å². The number of carbonyl (C=O) groups is 1. The molecule has 0 spiro atoms. The average Bonchev–Trinajstić information content (AvgIpc) is 3.38. The molecular weight excluding hydrogens is 362 g/mol. The zero-order valence-corrected chi connectivity index (χ0v) is 16.0. The smallest absolute Gasteiger partial charge is 0.322 e. The first-order chi connectivity index (χ1) is 13.2. The number of nitrogens with one attached hydrogen (secondary N) is 1. The summed E-state index contributed by atoms with van der Waals surface area (Å²) in [4.78, 5) is 16.1. The van der Waals surface area contributed by atoms with Crippen molar-refractivity contribution in [3.8, 4) is 11.5 Å². The van der Waals surface area contributed by atoms with E-state index in [-0.39, 0.29) is 12.1 Å². The summed E-state index contributed by atoms with van der Waals surface area (Å²) in [5.41, 5.74) is 1.80. The molecule has 140 valence electrons. The van der Waals surface area contributed by atoms with Crippen LogP contribution in [0.15, 0.2) is 54.0 Å². The van der Waals surface area contributed by atoms with Crippen LogP contribution in [0, 0.1) is 0 Å². The second-order valence-electron chi connectivity index (χ2n) is 6.24. The summed E-state index contributed by atoms with van der Waals surface area (Å²) in [6, 6.07) is 13.4. The molecule has 0 radical (unpaired) electrons. The molecular formula is C20H21N3O3S. The Morgan fingerprint density at radius 3 is 2.70 bits per heavy atom. The monoisotopic (exact) mass is 383 g/mol. The summed E-state index contributed by atoms with van der Waals surface area (Å²) in [5, 5.41) is 5.04. The lowest BCUT2D eigenvalue weighted by molar-refractivity contribution is 0.183. The zero-order valence-electron chi connectivity index (χ0n) is 15.2. The maximum absolute atomic E-state index is 13.1. The van der Waals surface area contributed by atoms with Gasteiger partial charge in [-0.05, 0) is 35.7 Å². The van der Waals surface area contributed by atoms with Crippen molar-refractivity contribution in [1.29, 1.82) is 0 Å². The molecule has 0 saturated heterocycles. The van der Waals surface area contributed by atoms with Crippen molar-refractivity contribution in [2.75, 3.05) is 26.1 Å². The maximum Gasteiger partial charge on any atom is 0.322 e. The van der Waals surface area contributed by atoms with E-state index < -0.39 is 0 Å². The number of methoxy groups -OCH3 is 2. The standard InChI is InChI=1S/C20H21N3O3S/c1-25-16-8-7-14(13-17(16)26-2)21-20(24)23-11-10-22-9-3-5-15(22)19(23)18-6-4-12-27-18/h3-9,12-13,19H,10-11H2,1-2H3,(H,21,24)/t19-/m0/s1. The highest BCUT2D eigenvalue weighted by Gasteiger charge is 2.32. The first-order valence-corrected chi connectivity index (χ1v) is 9.57. The summed E-state index contributed by atoms with van der Waals surface area (Å²) >= 11 is 1.66. The molecule has 27 heavy (non-hydrogen) atoms. The Morgan fingerprint density at radius 1 is 1.11 bits per heavy atom. The van der Waals surface area contributed by atoms with Gasteiger partial charge in [0.2, 0.25) is 0 Å². The van der Waals surface area contributed by atoms with Gasteiger partial charge in [-0.15, -0.1) is 11.3 Å². The number of rotatable bonds is 4. The highest BCUT2D eigenvalue weighted by molar-refractivity contribution is 7.10. The minimum atomic E-state index is -0.131. The average molecular weight is 383 g/mol. The third-order valence-electron chi connectivity index (χ3n) is 4.75. The van der Waals surface area contributed by atoms with Crippen LogP contribution in [0.1, 0.15) is 16.6 Å². The molecule has 0 fully saturated rings. The van der Waals surface area contributed by atoms with E-state index in [1.165, 1.54) is 0 Å². The number of hydrogen-bond acceptors (Lipinski definition) is 4. The van der Waals surface area contributed by atoms with Crippen LogP contribution >= 0.6 is 11.3 Å². The molecule has 1 atom stereocenters. The highest BCUT2D eigenvalue weighted by Crippen LogP contribution is 2.36. The Labute approximate surface area is 161 Å². The largest absolute Gasteiger partial charge is 0.493 e. The minimum absolute atomic E-state index is 0.0890. The van der Waals surface area contributed by atoms with Crippen LogP contribution in [0.5, 0.6) is 11.5 Å². The van der Waals surface area contributed by atoms with Gasteiger partial charge < -0.3 is 24.3 Å². The number of fused-ring (bicyclic) bond motifs is 1. The van der Waals surface area contributed by atoms with Gasteiger partial charge in [-0.3, -0.25) is 0 Å². The fraction of sp³-hybridized carbons (Fsp3) is 0.250. The van der Waals surface area contributed by atoms with Crippen LogP contribution in [0.3, 0.4) is 0 Å². The highest BCUT2D eigenvalue weighted by atomic mass is 32.1. The lowest BCUT2D eigenvalue weighted by Gasteiger charge is -2.36. The van der Waals surface area contributed by atoms with Crippen LogP contribution < -0.4 is 14.8 Å². The molecule has 0 unspecified atom stereocenters. The molecule has 7 heteroatoms. The molecule has 1 aromatic carbocycles. The Morgan fingerprint density at radius 2 is 1.96 bits per heavy atom. The fourth-order valence-electron chi connectivity index (χ4n) is 3.46. The second-order valence-corrected chi connectivity index (χ2v) is 7.22. The third kappa shape index (κ3) is 3.26. The number of ether oxygens (including phenoxy) is 2. The van der Waals surface area contributed by atoms with Gasteiger partial charge in [0, 0.05) is 41.6 Å². The van der Waals surface area contributed by atoms with E-state index in [1.807, 2.05) is 28.5 Å². The Hall–Kier alpha value is -2.93. The van der Waals surface area contributed by atoms with Crippen molar-refractivity contribution in [2.24, 2.45) is 0 Å². The number of carbonyl (C=O) groups excluding carboxylic acids is 1. The Balaban J connectivity index is 1.61. The van der Waals surface area contributed by atoms with E-state index in [9.17, 15) is 4.79 Å². The van der Waals surface area contributed by atoms with Gasteiger partial charge in [0.1, 0.15) is 6.04 Å². The van der Waals surface area contributed by atoms with Gasteiger partial charge in [0.15, 0.2) is 11.5 Å². The van der Waals surface area contributed by atoms with Crippen LogP contribution in [0.25, 0.3) is 0 Å². The molecule has 2 aromatic heterocycles. The molecule has 2 amide bonds. The van der Waals surface area contributed by atoms with Gasteiger partial charge in [-0.25, -0.2) is 4.79 Å². The van der Waals surface area contributed by atoms with Gasteiger partial charge in [-0.2, -0.15) is 0 Å². The summed E-state index contributed by atoms with van der Waals surface area (Å²) in [6.07, 6.45) is 2.07. The van der Waals surface area contributed by atoms with Gasteiger partial charge in [0.25, 0.3) is 0 Å². The second kappa shape index (κ2) is 7.36. The molecule has 4 rings (SSSR count). The van der Waals surface area contributed by atoms with E-state index in [0.717, 1.165) is 17.1 Å². The summed E-state index contributed by atoms with van der Waals surface area (Å²) in [7, 11) is 3.17. The number of benzene rings is 1. The zero-order chi connectivity index (χ0) is 18.8. The first kappa shape index (κ1) is 17.5. The van der Waals surface area contributed by atoms with Crippen LogP contribution in [0.2, 0.25) is 0 Å². The third-order valence-corrected chi connectivity index (χ3v) is 5.67. The topological polar surface area (TPSA) is 55.7 Å². The molecule has 0 saturated carbocycles. The predicted octanol–water partition coefficient (Wildman–Crippen LogP) is 4.20. The van der Waals surface area contributed by atoms with Crippen LogP contribution in [-0.2, 0) is 6.54 Å². The number of amides is 2. The molecule has 6 nitrogen and oxygen atoms in total. The summed E-state index contributed by atoms with van der Waals surface area (Å²) in [5.74, 6) is 1.21. The summed E-state index contributed by atoms with van der Waals surface area (Å²) < 4.78 is 12.8. The van der Waals surface area contributed by atoms with E-state index in [2.05, 4.69) is 28.2 Å². The normalized spacial score (nSPS) is 15.9. The number of hydrogen-bond donors (Lipinski definition) is 1. The van der Waals surface area contributed by atoms with Crippen LogP contribution in [0.4, 0.5) is 10.5 Å². The molecule has 0 bridgehead atoms. The van der Waals surface area contributed by atoms with Crippen LogP contribution in [-0.4, -0.2) is 36.3 Å². The van der Waals surface area contributed by atoms with Gasteiger partial charge in [0.05, 0.1) is 14.2 Å². The van der Waals surface area contributed by atoms with Crippen molar-refractivity contribution >= 4 is 23.1 Å². The fourth-order valence-corrected chi connectivity index (χ4v) is 4.31. The lowest BCUT2D eigenvalue weighted by atomic mass is 10.1. The number of thiophene rings is 1. The van der Waals surface area contributed by atoms with Crippen molar-refractivity contribution in [3.05, 3.63) is 64.6 Å². The quantitative estimate of drug-likeness (QED) is 0.734. The molecule has 3 aromatic rings. The predicted molar refractivity (Wildman–Crippen MR) is 106 cm³/mol. The number of anilines is 1. The Kier molecular flexibility index (Phi) is 4.77. The SMILES string of the molecule is COc1ccc(NC(=O)N2CCn3cccc3[C@H]2c2cccs2)cc1OC. The van der Waals surface area contributed by atoms with Gasteiger partial charge in [-0.1, -0.05) is 6.07 Å². The molecule has 1 aliphatic heterocycles. The van der Waals surface area contributed by atoms with E-state index in [0.29, 0.717) is 23.7 Å². The number of nitrogens with zero attached hydrogens (tertiary/aromatic N) is 2. The van der Waals surface area contributed by atoms with Gasteiger partial charge >= 0.3 is 6.03 Å². The first-order valence-electron chi connectivity index (χ1n) is 8.69. The maximum atomic E-state index is 13.1. The lowest BCUT2D eigenvalue weighted by Crippen LogP contribution is -2.44. The number of aromatic nitrogens is 1. The molecule has 1 N–H and O–H groups in total. The molecule has 0 aliphatic carbocycles. The minimum Gasteiger partial charge on any atom is -0.493 e. The summed E-state index contributed by atoms with van der Waals surface area (Å²) in [6.45, 7) is 1.42. The molecule has 1 aliphatic rings. The van der Waals surface area contributed by atoms with E-state index in [4.69, 9.17) is 9.47 Å². The van der Waals surface area contributed by atoms with Crippen molar-refractivity contribution in [2.45, 2.75) is 12.6 Å².